The van der Waals surface area contributed by atoms with Gasteiger partial charge in [-0.1, -0.05) is 30.3 Å². The molecule has 2 fully saturated rings. The van der Waals surface area contributed by atoms with E-state index in [0.29, 0.717) is 30.1 Å². The van der Waals surface area contributed by atoms with Crippen LogP contribution in [-0.4, -0.2) is 52.8 Å². The van der Waals surface area contributed by atoms with Crippen LogP contribution in [0.25, 0.3) is 10.8 Å². The van der Waals surface area contributed by atoms with Gasteiger partial charge >= 0.3 is 6.18 Å². The number of alkyl halides is 3. The minimum absolute atomic E-state index is 0.0185. The molecule has 0 radical (unpaired) electrons. The number of fused-ring (bicyclic) bond motifs is 1. The zero-order chi connectivity index (χ0) is 27.1. The van der Waals surface area contributed by atoms with Gasteiger partial charge in [0.25, 0.3) is 17.1 Å². The van der Waals surface area contributed by atoms with Crippen LogP contribution in [-0.2, 0) is 17.4 Å². The van der Waals surface area contributed by atoms with Crippen molar-refractivity contribution < 1.29 is 23.1 Å². The lowest BCUT2D eigenvalue weighted by molar-refractivity contribution is -0.262. The monoisotopic (exact) mass is 527 g/mol. The molecule has 9 heteroatoms. The second-order valence-electron chi connectivity index (χ2n) is 10.5. The number of halogens is 3. The van der Waals surface area contributed by atoms with Crippen LogP contribution in [0.5, 0.6) is 0 Å². The molecule has 1 amide bonds. The number of carbonyl (C=O) groups excluding carboxylic acids is 1. The number of rotatable bonds is 4. The van der Waals surface area contributed by atoms with Crippen molar-refractivity contribution in [1.29, 1.82) is 0 Å². The third-order valence-corrected chi connectivity index (χ3v) is 8.37. The Labute approximate surface area is 219 Å². The van der Waals surface area contributed by atoms with E-state index in [1.54, 1.807) is 23.9 Å². The van der Waals surface area contributed by atoms with Gasteiger partial charge < -0.3 is 19.5 Å². The maximum atomic E-state index is 13.9. The second-order valence-corrected chi connectivity index (χ2v) is 10.5. The Morgan fingerprint density at radius 3 is 2.11 bits per heavy atom. The quantitative estimate of drug-likeness (QED) is 0.545. The van der Waals surface area contributed by atoms with Gasteiger partial charge in [0.05, 0.1) is 0 Å². The lowest BCUT2D eigenvalue weighted by Crippen LogP contribution is -2.57. The van der Waals surface area contributed by atoms with Crippen molar-refractivity contribution in [3.8, 4) is 0 Å². The van der Waals surface area contributed by atoms with Gasteiger partial charge in [-0.25, -0.2) is 0 Å². The maximum Gasteiger partial charge on any atom is 0.430 e. The molecule has 5 rings (SSSR count). The molecule has 2 aliphatic rings. The van der Waals surface area contributed by atoms with E-state index < -0.39 is 23.2 Å². The molecule has 6 nitrogen and oxygen atoms in total. The fraction of sp³-hybridized carbons (Fsp3) is 0.448. The molecule has 3 aromatic rings. The molecule has 202 valence electrons. The predicted octanol–water partition coefficient (Wildman–Crippen LogP) is 4.44. The number of hydrogen-bond donors (Lipinski definition) is 1. The molecular weight excluding hydrogens is 495 g/mol. The van der Waals surface area contributed by atoms with Gasteiger partial charge in [-0.05, 0) is 67.2 Å². The number of amides is 1. The highest BCUT2D eigenvalue weighted by atomic mass is 19.4. The first-order valence-corrected chi connectivity index (χ1v) is 13.1. The van der Waals surface area contributed by atoms with Gasteiger partial charge in [-0.2, -0.15) is 13.2 Å². The SMILES string of the molecule is Cn1ccc2cc(N3CCC(C4CCN(C(=O)[C@@](O)(c5ccccc5)C(F)(F)F)CC4)CC3)ccc2c1=O. The van der Waals surface area contributed by atoms with Crippen molar-refractivity contribution in [1.82, 2.24) is 9.47 Å². The Balaban J connectivity index is 1.20. The third kappa shape index (κ3) is 4.68. The highest BCUT2D eigenvalue weighted by Gasteiger charge is 2.62. The normalized spacial score (nSPS) is 19.5. The summed E-state index contributed by atoms with van der Waals surface area (Å²) in [5.41, 5.74) is -2.94. The van der Waals surface area contributed by atoms with E-state index in [9.17, 15) is 27.9 Å². The molecule has 1 atom stereocenters. The van der Waals surface area contributed by atoms with Crippen LogP contribution in [0.15, 0.2) is 65.6 Å². The van der Waals surface area contributed by atoms with Crippen molar-refractivity contribution in [2.75, 3.05) is 31.1 Å². The topological polar surface area (TPSA) is 65.8 Å². The van der Waals surface area contributed by atoms with Crippen LogP contribution in [0, 0.1) is 11.8 Å². The lowest BCUT2D eigenvalue weighted by atomic mass is 9.78. The first-order valence-electron chi connectivity index (χ1n) is 13.1. The van der Waals surface area contributed by atoms with Crippen LogP contribution < -0.4 is 10.5 Å². The number of benzene rings is 2. The second kappa shape index (κ2) is 10.1. The summed E-state index contributed by atoms with van der Waals surface area (Å²) in [5.74, 6) is -0.529. The summed E-state index contributed by atoms with van der Waals surface area (Å²) in [6.07, 6.45) is -0.178. The number of aromatic nitrogens is 1. The molecule has 0 aliphatic carbocycles. The standard InChI is InChI=1S/C29H32F3N3O3/c1-33-14-9-22-19-24(7-8-25(22)26(33)36)34-15-10-20(11-16-34)21-12-17-35(18-13-21)27(37)28(38,29(30,31)32)23-5-3-2-4-6-23/h2-9,14,19-21,38H,10-13,15-18H2,1H3/t28-/m0/s1. The van der Waals surface area contributed by atoms with Crippen LogP contribution >= 0.6 is 0 Å². The van der Waals surface area contributed by atoms with E-state index in [1.165, 1.54) is 17.0 Å². The molecule has 0 saturated carbocycles. The average Bonchev–Trinajstić information content (AvgIpc) is 2.94. The summed E-state index contributed by atoms with van der Waals surface area (Å²) in [5, 5.41) is 12.3. The zero-order valence-electron chi connectivity index (χ0n) is 21.3. The number of aliphatic hydroxyl groups is 1. The molecule has 0 unspecified atom stereocenters. The molecule has 0 spiro atoms. The Kier molecular flexibility index (Phi) is 6.98. The molecule has 2 aromatic carbocycles. The molecule has 2 aliphatic heterocycles. The van der Waals surface area contributed by atoms with Gasteiger partial charge in [-0.3, -0.25) is 9.59 Å². The number of pyridine rings is 1. The molecule has 1 aromatic heterocycles. The van der Waals surface area contributed by atoms with E-state index in [4.69, 9.17) is 0 Å². The van der Waals surface area contributed by atoms with Crippen molar-refractivity contribution in [2.45, 2.75) is 37.5 Å². The largest absolute Gasteiger partial charge is 0.430 e. The molecule has 3 heterocycles. The summed E-state index contributed by atoms with van der Waals surface area (Å²) in [6, 6.07) is 14.5. The fourth-order valence-electron chi connectivity index (χ4n) is 6.05. The van der Waals surface area contributed by atoms with Gasteiger partial charge in [0.1, 0.15) is 0 Å². The summed E-state index contributed by atoms with van der Waals surface area (Å²) < 4.78 is 43.4. The lowest BCUT2D eigenvalue weighted by Gasteiger charge is -2.42. The molecular formula is C29H32F3N3O3. The Morgan fingerprint density at radius 1 is 0.895 bits per heavy atom. The van der Waals surface area contributed by atoms with Gasteiger partial charge in [-0.15, -0.1) is 0 Å². The molecule has 0 bridgehead atoms. The van der Waals surface area contributed by atoms with E-state index in [2.05, 4.69) is 11.0 Å². The van der Waals surface area contributed by atoms with E-state index in [1.807, 2.05) is 18.2 Å². The first kappa shape index (κ1) is 26.3. The Hall–Kier alpha value is -3.33. The number of hydrogen-bond acceptors (Lipinski definition) is 4. The van der Waals surface area contributed by atoms with Crippen molar-refractivity contribution in [2.24, 2.45) is 18.9 Å². The highest BCUT2D eigenvalue weighted by molar-refractivity contribution is 5.87. The minimum Gasteiger partial charge on any atom is -0.371 e. The predicted molar refractivity (Wildman–Crippen MR) is 140 cm³/mol. The first-order chi connectivity index (χ1) is 18.1. The summed E-state index contributed by atoms with van der Waals surface area (Å²) >= 11 is 0. The summed E-state index contributed by atoms with van der Waals surface area (Å²) in [4.78, 5) is 28.8. The van der Waals surface area contributed by atoms with Crippen LogP contribution in [0.2, 0.25) is 0 Å². The molecule has 1 N–H and O–H groups in total. The van der Waals surface area contributed by atoms with E-state index in [0.717, 1.165) is 49.1 Å². The van der Waals surface area contributed by atoms with Crippen molar-refractivity contribution in [3.05, 3.63) is 76.7 Å². The maximum absolute atomic E-state index is 13.9. The number of likely N-dealkylation sites (tertiary alicyclic amines) is 1. The summed E-state index contributed by atoms with van der Waals surface area (Å²) in [7, 11) is 1.74. The number of aryl methyl sites for hydroxylation is 1. The summed E-state index contributed by atoms with van der Waals surface area (Å²) in [6.45, 7) is 2.13. The third-order valence-electron chi connectivity index (χ3n) is 8.37. The Morgan fingerprint density at radius 2 is 1.50 bits per heavy atom. The zero-order valence-corrected chi connectivity index (χ0v) is 21.3. The number of anilines is 1. The number of carbonyl (C=O) groups is 1. The number of nitrogens with zero attached hydrogens (tertiary/aromatic N) is 3. The van der Waals surface area contributed by atoms with Gasteiger partial charge in [0.2, 0.25) is 0 Å². The molecule has 38 heavy (non-hydrogen) atoms. The van der Waals surface area contributed by atoms with E-state index >= 15 is 0 Å². The van der Waals surface area contributed by atoms with Crippen LogP contribution in [0.3, 0.4) is 0 Å². The molecule has 2 saturated heterocycles. The van der Waals surface area contributed by atoms with Crippen molar-refractivity contribution in [3.63, 3.8) is 0 Å². The van der Waals surface area contributed by atoms with Crippen molar-refractivity contribution >= 4 is 22.4 Å². The van der Waals surface area contributed by atoms with E-state index in [-0.39, 0.29) is 18.6 Å². The minimum atomic E-state index is -5.12. The Bertz CT molecular complexity index is 1360. The van der Waals surface area contributed by atoms with Crippen LogP contribution in [0.4, 0.5) is 18.9 Å². The smallest absolute Gasteiger partial charge is 0.371 e. The fourth-order valence-corrected chi connectivity index (χ4v) is 6.05. The number of piperidine rings is 2. The van der Waals surface area contributed by atoms with Crippen LogP contribution in [0.1, 0.15) is 31.2 Å². The van der Waals surface area contributed by atoms with Gasteiger partial charge in [0, 0.05) is 56.1 Å². The van der Waals surface area contributed by atoms with Gasteiger partial charge in [0.15, 0.2) is 0 Å². The average molecular weight is 528 g/mol. The highest BCUT2D eigenvalue weighted by Crippen LogP contribution is 2.42.